The summed E-state index contributed by atoms with van der Waals surface area (Å²) < 4.78 is 0.473. The Bertz CT molecular complexity index is 447. The summed E-state index contributed by atoms with van der Waals surface area (Å²) in [5.74, 6) is -0.200. The first kappa shape index (κ1) is 13.2. The standard InChI is InChI=1S/C11H15BrN4O2/c12-8-5-14-10(13)9(16-8)11(18)15-6-1-3-7(17)4-2-6/h5-7,17H,1-4H2,(H2,13,14)(H,15,18). The lowest BCUT2D eigenvalue weighted by Gasteiger charge is -2.26. The lowest BCUT2D eigenvalue weighted by molar-refractivity contribution is 0.0863. The fraction of sp³-hybridized carbons (Fsp3) is 0.545. The van der Waals surface area contributed by atoms with Gasteiger partial charge in [0, 0.05) is 6.04 Å². The number of aliphatic hydroxyl groups is 1. The fourth-order valence-corrected chi connectivity index (χ4v) is 2.30. The van der Waals surface area contributed by atoms with Gasteiger partial charge in [-0.1, -0.05) is 0 Å². The quantitative estimate of drug-likeness (QED) is 0.751. The summed E-state index contributed by atoms with van der Waals surface area (Å²) in [6.45, 7) is 0. The molecule has 6 nitrogen and oxygen atoms in total. The molecule has 98 valence electrons. The normalized spacial score (nSPS) is 23.7. The zero-order chi connectivity index (χ0) is 13.1. The zero-order valence-electron chi connectivity index (χ0n) is 9.77. The van der Waals surface area contributed by atoms with Gasteiger partial charge < -0.3 is 16.2 Å². The van der Waals surface area contributed by atoms with Crippen molar-refractivity contribution in [3.05, 3.63) is 16.5 Å². The first-order valence-electron chi connectivity index (χ1n) is 5.83. The number of hydrogen-bond donors (Lipinski definition) is 3. The minimum Gasteiger partial charge on any atom is -0.393 e. The first-order valence-corrected chi connectivity index (χ1v) is 6.62. The third-order valence-corrected chi connectivity index (χ3v) is 3.40. The average molecular weight is 315 g/mol. The van der Waals surface area contributed by atoms with Gasteiger partial charge in [-0.2, -0.15) is 0 Å². The molecule has 1 aromatic heterocycles. The van der Waals surface area contributed by atoms with E-state index in [4.69, 9.17) is 5.73 Å². The molecule has 0 saturated heterocycles. The number of halogens is 1. The van der Waals surface area contributed by atoms with Crippen molar-refractivity contribution in [1.29, 1.82) is 0 Å². The zero-order valence-corrected chi connectivity index (χ0v) is 11.4. The number of aromatic nitrogens is 2. The number of carbonyl (C=O) groups is 1. The molecule has 1 aliphatic rings. The molecule has 1 saturated carbocycles. The molecule has 1 aliphatic carbocycles. The van der Waals surface area contributed by atoms with Crippen molar-refractivity contribution in [3.8, 4) is 0 Å². The van der Waals surface area contributed by atoms with Crippen LogP contribution in [0.25, 0.3) is 0 Å². The highest BCUT2D eigenvalue weighted by Gasteiger charge is 2.23. The van der Waals surface area contributed by atoms with Crippen LogP contribution in [0.5, 0.6) is 0 Å². The van der Waals surface area contributed by atoms with Crippen molar-refractivity contribution in [3.63, 3.8) is 0 Å². The molecular formula is C11H15BrN4O2. The van der Waals surface area contributed by atoms with Gasteiger partial charge in [0.1, 0.15) is 4.60 Å². The number of nitrogen functional groups attached to an aromatic ring is 1. The van der Waals surface area contributed by atoms with Crippen LogP contribution in [-0.4, -0.2) is 33.1 Å². The lowest BCUT2D eigenvalue weighted by atomic mass is 9.93. The molecular weight excluding hydrogens is 300 g/mol. The number of nitrogens with zero attached hydrogens (tertiary/aromatic N) is 2. The van der Waals surface area contributed by atoms with Gasteiger partial charge in [-0.3, -0.25) is 4.79 Å². The van der Waals surface area contributed by atoms with E-state index in [0.29, 0.717) is 17.4 Å². The number of rotatable bonds is 2. The van der Waals surface area contributed by atoms with Crippen LogP contribution in [0.1, 0.15) is 36.2 Å². The van der Waals surface area contributed by atoms with E-state index >= 15 is 0 Å². The predicted octanol–water partition coefficient (Wildman–Crippen LogP) is 0.855. The Balaban J connectivity index is 2.01. The summed E-state index contributed by atoms with van der Waals surface area (Å²) in [6, 6.07) is 0.0704. The first-order chi connectivity index (χ1) is 8.56. The van der Waals surface area contributed by atoms with Gasteiger partial charge in [-0.05, 0) is 41.6 Å². The van der Waals surface area contributed by atoms with Crippen LogP contribution in [0, 0.1) is 0 Å². The SMILES string of the molecule is Nc1ncc(Br)nc1C(=O)NC1CCC(O)CC1. The van der Waals surface area contributed by atoms with E-state index in [1.165, 1.54) is 6.20 Å². The molecule has 0 bridgehead atoms. The third kappa shape index (κ3) is 3.17. The summed E-state index contributed by atoms with van der Waals surface area (Å²) in [7, 11) is 0. The second-order valence-electron chi connectivity index (χ2n) is 4.41. The van der Waals surface area contributed by atoms with Crippen molar-refractivity contribution < 1.29 is 9.90 Å². The second kappa shape index (κ2) is 5.62. The molecule has 0 aromatic carbocycles. The molecule has 0 spiro atoms. The smallest absolute Gasteiger partial charge is 0.273 e. The number of amides is 1. The summed E-state index contributed by atoms with van der Waals surface area (Å²) in [4.78, 5) is 19.9. The number of aliphatic hydroxyl groups excluding tert-OH is 1. The maximum Gasteiger partial charge on any atom is 0.273 e. The maximum absolute atomic E-state index is 12.0. The van der Waals surface area contributed by atoms with Crippen LogP contribution in [0.2, 0.25) is 0 Å². The van der Waals surface area contributed by atoms with Gasteiger partial charge in [-0.15, -0.1) is 0 Å². The average Bonchev–Trinajstić information content (AvgIpc) is 2.35. The largest absolute Gasteiger partial charge is 0.393 e. The Morgan fingerprint density at radius 3 is 2.78 bits per heavy atom. The Hall–Kier alpha value is -1.21. The van der Waals surface area contributed by atoms with E-state index in [-0.39, 0.29) is 29.6 Å². The van der Waals surface area contributed by atoms with Crippen molar-refractivity contribution >= 4 is 27.7 Å². The minimum atomic E-state index is -0.317. The molecule has 1 heterocycles. The minimum absolute atomic E-state index is 0.0704. The second-order valence-corrected chi connectivity index (χ2v) is 5.22. The highest BCUT2D eigenvalue weighted by molar-refractivity contribution is 9.10. The van der Waals surface area contributed by atoms with Crippen LogP contribution in [0.3, 0.4) is 0 Å². The molecule has 1 fully saturated rings. The van der Waals surface area contributed by atoms with Gasteiger partial charge in [0.15, 0.2) is 11.5 Å². The van der Waals surface area contributed by atoms with E-state index in [1.54, 1.807) is 0 Å². The van der Waals surface area contributed by atoms with E-state index < -0.39 is 0 Å². The summed E-state index contributed by atoms with van der Waals surface area (Å²) in [6.07, 6.45) is 4.18. The topological polar surface area (TPSA) is 101 Å². The molecule has 0 unspecified atom stereocenters. The molecule has 0 aliphatic heterocycles. The molecule has 18 heavy (non-hydrogen) atoms. The lowest BCUT2D eigenvalue weighted by Crippen LogP contribution is -2.39. The number of hydrogen-bond acceptors (Lipinski definition) is 5. The Kier molecular flexibility index (Phi) is 4.13. The summed E-state index contributed by atoms with van der Waals surface area (Å²) in [5.41, 5.74) is 5.76. The van der Waals surface area contributed by atoms with Crippen molar-refractivity contribution in [2.24, 2.45) is 0 Å². The molecule has 0 radical (unpaired) electrons. The predicted molar refractivity (Wildman–Crippen MR) is 69.9 cm³/mol. The van der Waals surface area contributed by atoms with Gasteiger partial charge in [0.2, 0.25) is 0 Å². The van der Waals surface area contributed by atoms with E-state index in [9.17, 15) is 9.90 Å². The van der Waals surface area contributed by atoms with Gasteiger partial charge in [0.25, 0.3) is 5.91 Å². The van der Waals surface area contributed by atoms with Crippen molar-refractivity contribution in [1.82, 2.24) is 15.3 Å². The molecule has 1 aromatic rings. The molecule has 7 heteroatoms. The summed E-state index contributed by atoms with van der Waals surface area (Å²) >= 11 is 3.16. The fourth-order valence-electron chi connectivity index (χ4n) is 2.02. The number of carbonyl (C=O) groups excluding carboxylic acids is 1. The summed E-state index contributed by atoms with van der Waals surface area (Å²) in [5, 5.41) is 12.3. The number of nitrogens with two attached hydrogens (primary N) is 1. The highest BCUT2D eigenvalue weighted by atomic mass is 79.9. The number of nitrogens with one attached hydrogen (secondary N) is 1. The molecule has 2 rings (SSSR count). The van der Waals surface area contributed by atoms with E-state index in [1.807, 2.05) is 0 Å². The molecule has 0 atom stereocenters. The monoisotopic (exact) mass is 314 g/mol. The Morgan fingerprint density at radius 2 is 2.11 bits per heavy atom. The van der Waals surface area contributed by atoms with Crippen LogP contribution in [0.4, 0.5) is 5.82 Å². The van der Waals surface area contributed by atoms with Crippen molar-refractivity contribution in [2.75, 3.05) is 5.73 Å². The van der Waals surface area contributed by atoms with Crippen LogP contribution in [0.15, 0.2) is 10.8 Å². The third-order valence-electron chi connectivity index (χ3n) is 3.02. The Labute approximate surface area is 113 Å². The number of anilines is 1. The van der Waals surface area contributed by atoms with Gasteiger partial charge >= 0.3 is 0 Å². The van der Waals surface area contributed by atoms with Gasteiger partial charge in [-0.25, -0.2) is 9.97 Å². The van der Waals surface area contributed by atoms with Gasteiger partial charge in [0.05, 0.1) is 12.3 Å². The van der Waals surface area contributed by atoms with Crippen molar-refractivity contribution in [2.45, 2.75) is 37.8 Å². The molecule has 4 N–H and O–H groups in total. The highest BCUT2D eigenvalue weighted by Crippen LogP contribution is 2.19. The maximum atomic E-state index is 12.0. The van der Waals surface area contributed by atoms with Crippen LogP contribution in [-0.2, 0) is 0 Å². The Morgan fingerprint density at radius 1 is 1.44 bits per heavy atom. The van der Waals surface area contributed by atoms with E-state index in [0.717, 1.165) is 12.8 Å². The van der Waals surface area contributed by atoms with Crippen LogP contribution < -0.4 is 11.1 Å². The van der Waals surface area contributed by atoms with E-state index in [2.05, 4.69) is 31.2 Å². The molecule has 1 amide bonds. The van der Waals surface area contributed by atoms with Crippen LogP contribution >= 0.6 is 15.9 Å².